The number of aliphatic hydroxyl groups is 1. The summed E-state index contributed by atoms with van der Waals surface area (Å²) in [4.78, 5) is 16.2. The molecular weight excluding hydrogens is 280 g/mol. The lowest BCUT2D eigenvalue weighted by Gasteiger charge is -2.11. The third-order valence-corrected chi connectivity index (χ3v) is 3.41. The molecule has 0 saturated carbocycles. The molecule has 1 aromatic heterocycles. The average Bonchev–Trinajstić information content (AvgIpc) is 2.87. The van der Waals surface area contributed by atoms with E-state index >= 15 is 0 Å². The third-order valence-electron chi connectivity index (χ3n) is 3.41. The van der Waals surface area contributed by atoms with Gasteiger partial charge in [0.2, 0.25) is 5.91 Å². The van der Waals surface area contributed by atoms with Gasteiger partial charge in [-0.15, -0.1) is 0 Å². The normalized spacial score (nSPS) is 12.1. The monoisotopic (exact) mass is 302 g/mol. The van der Waals surface area contributed by atoms with Gasteiger partial charge in [-0.25, -0.2) is 4.98 Å². The Hall–Kier alpha value is -2.14. The summed E-state index contributed by atoms with van der Waals surface area (Å²) >= 11 is 0. The summed E-state index contributed by atoms with van der Waals surface area (Å²) in [6, 6.07) is 9.78. The molecule has 0 radical (unpaired) electrons. The number of carbonyl (C=O) groups excluding carboxylic acids is 1. The predicted molar refractivity (Wildman–Crippen MR) is 84.3 cm³/mol. The first-order chi connectivity index (χ1) is 10.6. The highest BCUT2D eigenvalue weighted by Gasteiger charge is 2.13. The van der Waals surface area contributed by atoms with Crippen molar-refractivity contribution in [2.24, 2.45) is 0 Å². The fraction of sp³-hybridized carbons (Fsp3) is 0.412. The molecule has 0 fully saturated rings. The van der Waals surface area contributed by atoms with Crippen LogP contribution in [0.25, 0.3) is 11.3 Å². The number of oxazole rings is 1. The lowest BCUT2D eigenvalue weighted by Crippen LogP contribution is -2.33. The number of aromatic nitrogens is 1. The molecule has 2 rings (SSSR count). The summed E-state index contributed by atoms with van der Waals surface area (Å²) < 4.78 is 5.77. The summed E-state index contributed by atoms with van der Waals surface area (Å²) in [7, 11) is 0. The number of nitrogens with zero attached hydrogens (tertiary/aromatic N) is 1. The zero-order valence-corrected chi connectivity index (χ0v) is 13.0. The van der Waals surface area contributed by atoms with E-state index in [-0.39, 0.29) is 18.6 Å². The van der Waals surface area contributed by atoms with Crippen LogP contribution in [-0.2, 0) is 11.2 Å². The van der Waals surface area contributed by atoms with Crippen molar-refractivity contribution >= 4 is 5.91 Å². The van der Waals surface area contributed by atoms with Crippen LogP contribution in [0.1, 0.15) is 31.4 Å². The van der Waals surface area contributed by atoms with Crippen molar-refractivity contribution < 1.29 is 14.3 Å². The minimum atomic E-state index is -0.0573. The number of hydrogen-bond donors (Lipinski definition) is 2. The molecule has 1 aromatic carbocycles. The Bertz CT molecular complexity index is 608. The minimum absolute atomic E-state index is 0.0244. The van der Waals surface area contributed by atoms with Gasteiger partial charge in [0.05, 0.1) is 5.69 Å². The number of nitrogens with one attached hydrogen (secondary N) is 1. The van der Waals surface area contributed by atoms with E-state index < -0.39 is 0 Å². The van der Waals surface area contributed by atoms with Crippen LogP contribution in [0.2, 0.25) is 0 Å². The third kappa shape index (κ3) is 4.43. The van der Waals surface area contributed by atoms with Crippen LogP contribution in [0.15, 0.2) is 34.7 Å². The van der Waals surface area contributed by atoms with E-state index in [1.54, 1.807) is 0 Å². The maximum absolute atomic E-state index is 11.8. The van der Waals surface area contributed by atoms with Gasteiger partial charge >= 0.3 is 0 Å². The molecule has 22 heavy (non-hydrogen) atoms. The van der Waals surface area contributed by atoms with Gasteiger partial charge in [-0.2, -0.15) is 0 Å². The first-order valence-electron chi connectivity index (χ1n) is 7.52. The molecular formula is C17H22N2O3. The van der Waals surface area contributed by atoms with E-state index in [1.807, 2.05) is 44.2 Å². The fourth-order valence-electron chi connectivity index (χ4n) is 2.25. The standard InChI is InChI=1S/C17H22N2O3/c1-12(10-11-20)18-15(21)8-9-16-19-13(2)17(22-16)14-6-4-3-5-7-14/h3-7,12,20H,8-11H2,1-2H3,(H,18,21). The van der Waals surface area contributed by atoms with Crippen molar-refractivity contribution in [1.29, 1.82) is 0 Å². The molecule has 0 aliphatic carbocycles. The molecule has 5 heteroatoms. The molecule has 2 N–H and O–H groups in total. The van der Waals surface area contributed by atoms with Crippen LogP contribution in [0.3, 0.4) is 0 Å². The molecule has 1 heterocycles. The Morgan fingerprint density at radius 3 is 2.77 bits per heavy atom. The first-order valence-corrected chi connectivity index (χ1v) is 7.52. The Morgan fingerprint density at radius 1 is 1.36 bits per heavy atom. The van der Waals surface area contributed by atoms with Gasteiger partial charge in [0, 0.05) is 31.1 Å². The first kappa shape index (κ1) is 16.2. The summed E-state index contributed by atoms with van der Waals surface area (Å²) in [6.07, 6.45) is 1.34. The summed E-state index contributed by atoms with van der Waals surface area (Å²) in [5, 5.41) is 11.7. The second-order valence-corrected chi connectivity index (χ2v) is 5.37. The smallest absolute Gasteiger partial charge is 0.220 e. The summed E-state index contributed by atoms with van der Waals surface area (Å²) in [5.74, 6) is 1.27. The van der Waals surface area contributed by atoms with Crippen LogP contribution in [-0.4, -0.2) is 28.6 Å². The van der Waals surface area contributed by atoms with Gasteiger partial charge in [-0.3, -0.25) is 4.79 Å². The van der Waals surface area contributed by atoms with Crippen LogP contribution in [0.4, 0.5) is 0 Å². The van der Waals surface area contributed by atoms with Gasteiger partial charge < -0.3 is 14.8 Å². The second kappa shape index (κ2) is 7.75. The zero-order chi connectivity index (χ0) is 15.9. The maximum Gasteiger partial charge on any atom is 0.220 e. The van der Waals surface area contributed by atoms with E-state index in [9.17, 15) is 4.79 Å². The van der Waals surface area contributed by atoms with Crippen molar-refractivity contribution in [1.82, 2.24) is 10.3 Å². The van der Waals surface area contributed by atoms with Gasteiger partial charge in [0.15, 0.2) is 11.7 Å². The Morgan fingerprint density at radius 2 is 2.09 bits per heavy atom. The molecule has 2 aromatic rings. The van der Waals surface area contributed by atoms with Gasteiger partial charge in [-0.1, -0.05) is 30.3 Å². The molecule has 0 aliphatic heterocycles. The molecule has 118 valence electrons. The van der Waals surface area contributed by atoms with Crippen molar-refractivity contribution in [3.63, 3.8) is 0 Å². The highest BCUT2D eigenvalue weighted by atomic mass is 16.4. The zero-order valence-electron chi connectivity index (χ0n) is 13.0. The number of hydrogen-bond acceptors (Lipinski definition) is 4. The highest BCUT2D eigenvalue weighted by Crippen LogP contribution is 2.24. The van der Waals surface area contributed by atoms with Gasteiger partial charge in [0.25, 0.3) is 0 Å². The van der Waals surface area contributed by atoms with Crippen molar-refractivity contribution in [2.75, 3.05) is 6.61 Å². The van der Waals surface area contributed by atoms with E-state index in [0.717, 1.165) is 17.0 Å². The Balaban J connectivity index is 1.93. The Kier molecular flexibility index (Phi) is 5.72. The minimum Gasteiger partial charge on any atom is -0.440 e. The SMILES string of the molecule is Cc1nc(CCC(=O)NC(C)CCO)oc1-c1ccccc1. The van der Waals surface area contributed by atoms with Crippen molar-refractivity contribution in [3.05, 3.63) is 41.9 Å². The summed E-state index contributed by atoms with van der Waals surface area (Å²) in [5.41, 5.74) is 1.81. The van der Waals surface area contributed by atoms with E-state index in [2.05, 4.69) is 10.3 Å². The summed E-state index contributed by atoms with van der Waals surface area (Å²) in [6.45, 7) is 3.84. The molecule has 1 unspecified atom stereocenters. The largest absolute Gasteiger partial charge is 0.440 e. The van der Waals surface area contributed by atoms with Crippen LogP contribution < -0.4 is 5.32 Å². The molecule has 0 saturated heterocycles. The highest BCUT2D eigenvalue weighted by molar-refractivity contribution is 5.76. The number of aliphatic hydroxyl groups excluding tert-OH is 1. The molecule has 0 bridgehead atoms. The van der Waals surface area contributed by atoms with Crippen molar-refractivity contribution in [3.8, 4) is 11.3 Å². The number of aryl methyl sites for hydroxylation is 2. The predicted octanol–water partition coefficient (Wildman–Crippen LogP) is 2.47. The molecule has 1 atom stereocenters. The second-order valence-electron chi connectivity index (χ2n) is 5.37. The molecule has 5 nitrogen and oxygen atoms in total. The molecule has 0 spiro atoms. The maximum atomic E-state index is 11.8. The topological polar surface area (TPSA) is 75.4 Å². The van der Waals surface area contributed by atoms with Crippen LogP contribution in [0, 0.1) is 6.92 Å². The van der Waals surface area contributed by atoms with Gasteiger partial charge in [-0.05, 0) is 20.3 Å². The quantitative estimate of drug-likeness (QED) is 0.824. The van der Waals surface area contributed by atoms with E-state index in [4.69, 9.17) is 9.52 Å². The van der Waals surface area contributed by atoms with Crippen LogP contribution >= 0.6 is 0 Å². The lowest BCUT2D eigenvalue weighted by molar-refractivity contribution is -0.121. The molecule has 0 aliphatic rings. The number of amides is 1. The van der Waals surface area contributed by atoms with Gasteiger partial charge in [0.1, 0.15) is 0 Å². The van der Waals surface area contributed by atoms with E-state index in [1.165, 1.54) is 0 Å². The average molecular weight is 302 g/mol. The number of rotatable bonds is 7. The Labute approximate surface area is 130 Å². The fourth-order valence-corrected chi connectivity index (χ4v) is 2.25. The number of benzene rings is 1. The van der Waals surface area contributed by atoms with Crippen molar-refractivity contribution in [2.45, 2.75) is 39.2 Å². The lowest BCUT2D eigenvalue weighted by atomic mass is 10.1. The van der Waals surface area contributed by atoms with Crippen LogP contribution in [0.5, 0.6) is 0 Å². The molecule has 1 amide bonds. The van der Waals surface area contributed by atoms with E-state index in [0.29, 0.717) is 25.2 Å². The number of carbonyl (C=O) groups is 1.